The number of amides is 1. The lowest BCUT2D eigenvalue weighted by Crippen LogP contribution is -2.51. The molecule has 0 bridgehead atoms. The fraction of sp³-hybridized carbons (Fsp3) is 0.412. The zero-order valence-corrected chi connectivity index (χ0v) is 12.9. The van der Waals surface area contributed by atoms with Gasteiger partial charge in [0.2, 0.25) is 5.91 Å². The number of H-pyrrole nitrogens is 1. The second-order valence-electron chi connectivity index (χ2n) is 5.61. The van der Waals surface area contributed by atoms with Gasteiger partial charge in [-0.05, 0) is 24.0 Å². The van der Waals surface area contributed by atoms with Crippen LogP contribution < -0.4 is 10.4 Å². The first-order valence-corrected chi connectivity index (χ1v) is 7.58. The van der Waals surface area contributed by atoms with Crippen molar-refractivity contribution < 1.29 is 14.7 Å². The van der Waals surface area contributed by atoms with Crippen LogP contribution in [0.2, 0.25) is 0 Å². The fourth-order valence-electron chi connectivity index (χ4n) is 2.50. The lowest BCUT2D eigenvalue weighted by Gasteiger charge is -2.25. The van der Waals surface area contributed by atoms with E-state index in [0.717, 1.165) is 16.5 Å². The Morgan fingerprint density at radius 2 is 2.05 bits per heavy atom. The Hall–Kier alpha value is -2.30. The van der Waals surface area contributed by atoms with E-state index in [1.54, 1.807) is 6.92 Å². The van der Waals surface area contributed by atoms with Gasteiger partial charge in [0.15, 0.2) is 0 Å². The summed E-state index contributed by atoms with van der Waals surface area (Å²) in [4.78, 5) is 26.3. The molecule has 118 valence electrons. The maximum absolute atomic E-state index is 12.0. The zero-order chi connectivity index (χ0) is 16.1. The van der Waals surface area contributed by atoms with Crippen molar-refractivity contribution >= 4 is 22.8 Å². The Bertz CT molecular complexity index is 663. The molecule has 1 aromatic carbocycles. The molecule has 0 aliphatic rings. The Morgan fingerprint density at radius 3 is 2.73 bits per heavy atom. The molecule has 0 saturated carbocycles. The van der Waals surface area contributed by atoms with Crippen LogP contribution in [0.1, 0.15) is 32.3 Å². The smallest absolute Gasteiger partial charge is 0.220 e. The number of carboxylic acid groups (broad SMARTS) is 1. The first-order chi connectivity index (χ1) is 10.5. The van der Waals surface area contributed by atoms with E-state index in [4.69, 9.17) is 0 Å². The number of rotatable bonds is 7. The topological polar surface area (TPSA) is 85.0 Å². The van der Waals surface area contributed by atoms with Crippen molar-refractivity contribution in [3.05, 3.63) is 36.0 Å². The van der Waals surface area contributed by atoms with E-state index < -0.39 is 12.0 Å². The summed E-state index contributed by atoms with van der Waals surface area (Å²) in [7, 11) is 0. The van der Waals surface area contributed by atoms with Crippen LogP contribution in [0.15, 0.2) is 30.5 Å². The Balaban J connectivity index is 1.96. The number of carbonyl (C=O) groups excluding carboxylic acids is 2. The molecule has 1 amide bonds. The van der Waals surface area contributed by atoms with Crippen LogP contribution in [0.4, 0.5) is 0 Å². The second-order valence-corrected chi connectivity index (χ2v) is 5.61. The van der Waals surface area contributed by atoms with Gasteiger partial charge in [-0.1, -0.05) is 38.5 Å². The predicted octanol–water partition coefficient (Wildman–Crippen LogP) is 1.38. The van der Waals surface area contributed by atoms with E-state index in [9.17, 15) is 14.7 Å². The number of hydrogen-bond donors (Lipinski definition) is 2. The molecule has 5 nitrogen and oxygen atoms in total. The van der Waals surface area contributed by atoms with Gasteiger partial charge in [-0.25, -0.2) is 0 Å². The highest BCUT2D eigenvalue weighted by molar-refractivity contribution is 5.85. The van der Waals surface area contributed by atoms with Gasteiger partial charge in [-0.15, -0.1) is 0 Å². The van der Waals surface area contributed by atoms with Gasteiger partial charge in [-0.2, -0.15) is 0 Å². The number of aromatic nitrogens is 1. The number of aryl methyl sites for hydroxylation is 1. The molecule has 2 atom stereocenters. The quantitative estimate of drug-likeness (QED) is 0.810. The van der Waals surface area contributed by atoms with E-state index >= 15 is 0 Å². The van der Waals surface area contributed by atoms with Gasteiger partial charge in [0, 0.05) is 23.5 Å². The zero-order valence-electron chi connectivity index (χ0n) is 12.9. The summed E-state index contributed by atoms with van der Waals surface area (Å²) in [5.74, 6) is -1.64. The molecule has 1 heterocycles. The molecule has 2 aromatic rings. The summed E-state index contributed by atoms with van der Waals surface area (Å²) in [6.07, 6.45) is 3.38. The number of para-hydroxylation sites is 1. The molecule has 2 N–H and O–H groups in total. The fourth-order valence-corrected chi connectivity index (χ4v) is 2.50. The molecule has 0 aliphatic carbocycles. The molecular formula is C17H21N2O3-. The molecule has 5 heteroatoms. The first-order valence-electron chi connectivity index (χ1n) is 7.58. The summed E-state index contributed by atoms with van der Waals surface area (Å²) >= 11 is 0. The number of benzene rings is 1. The highest BCUT2D eigenvalue weighted by Crippen LogP contribution is 2.19. The Labute approximate surface area is 129 Å². The lowest BCUT2D eigenvalue weighted by atomic mass is 9.99. The average Bonchev–Trinajstić information content (AvgIpc) is 2.93. The van der Waals surface area contributed by atoms with Gasteiger partial charge >= 0.3 is 0 Å². The lowest BCUT2D eigenvalue weighted by molar-refractivity contribution is -0.309. The highest BCUT2D eigenvalue weighted by atomic mass is 16.4. The van der Waals surface area contributed by atoms with Gasteiger partial charge in [0.05, 0.1) is 12.0 Å². The van der Waals surface area contributed by atoms with Crippen molar-refractivity contribution in [3.63, 3.8) is 0 Å². The monoisotopic (exact) mass is 301 g/mol. The minimum atomic E-state index is -1.23. The van der Waals surface area contributed by atoms with Crippen LogP contribution in [0.25, 0.3) is 10.9 Å². The van der Waals surface area contributed by atoms with Crippen LogP contribution >= 0.6 is 0 Å². The standard InChI is InChI=1S/C17H22N2O3/c1-3-11(2)16(17(21)22)19-15(20)9-8-12-10-18-14-7-5-4-6-13(12)14/h4-7,10-11,16,18H,3,8-9H2,1-2H3,(H,19,20)(H,21,22)/p-1/t11-,16-/m0/s1. The van der Waals surface area contributed by atoms with Gasteiger partial charge in [0.25, 0.3) is 0 Å². The van der Waals surface area contributed by atoms with Crippen LogP contribution in [0.3, 0.4) is 0 Å². The summed E-state index contributed by atoms with van der Waals surface area (Å²) in [6, 6.07) is 6.96. The predicted molar refractivity (Wildman–Crippen MR) is 83.0 cm³/mol. The number of carboxylic acids is 1. The van der Waals surface area contributed by atoms with Crippen molar-refractivity contribution in [3.8, 4) is 0 Å². The summed E-state index contributed by atoms with van der Waals surface area (Å²) < 4.78 is 0. The third-order valence-corrected chi connectivity index (χ3v) is 4.08. The molecule has 2 rings (SSSR count). The summed E-state index contributed by atoms with van der Waals surface area (Å²) in [5.41, 5.74) is 2.09. The Kier molecular flexibility index (Phi) is 5.20. The molecule has 0 aliphatic heterocycles. The van der Waals surface area contributed by atoms with Crippen LogP contribution in [0, 0.1) is 5.92 Å². The number of nitrogens with one attached hydrogen (secondary N) is 2. The molecule has 0 spiro atoms. The Morgan fingerprint density at radius 1 is 1.32 bits per heavy atom. The van der Waals surface area contributed by atoms with Crippen LogP contribution in [-0.2, 0) is 16.0 Å². The molecular weight excluding hydrogens is 280 g/mol. The van der Waals surface area contributed by atoms with Crippen molar-refractivity contribution in [1.82, 2.24) is 10.3 Å². The first kappa shape index (κ1) is 16.1. The SMILES string of the molecule is CC[C@H](C)[C@H](NC(=O)CCc1c[nH]c2ccccc12)C(=O)[O-]. The highest BCUT2D eigenvalue weighted by Gasteiger charge is 2.19. The molecule has 1 aromatic heterocycles. The molecule has 0 radical (unpaired) electrons. The molecule has 0 fully saturated rings. The van der Waals surface area contributed by atoms with Crippen molar-refractivity contribution in [2.75, 3.05) is 0 Å². The van der Waals surface area contributed by atoms with E-state index in [2.05, 4.69) is 10.3 Å². The molecule has 0 saturated heterocycles. The maximum Gasteiger partial charge on any atom is 0.220 e. The number of fused-ring (bicyclic) bond motifs is 1. The minimum absolute atomic E-state index is 0.151. The maximum atomic E-state index is 12.0. The van der Waals surface area contributed by atoms with Crippen LogP contribution in [-0.4, -0.2) is 22.9 Å². The number of aromatic amines is 1. The van der Waals surface area contributed by atoms with Gasteiger partial charge in [0.1, 0.15) is 0 Å². The van der Waals surface area contributed by atoms with Gasteiger partial charge in [-0.3, -0.25) is 4.79 Å². The van der Waals surface area contributed by atoms with E-state index in [0.29, 0.717) is 12.8 Å². The van der Waals surface area contributed by atoms with Crippen LogP contribution in [0.5, 0.6) is 0 Å². The van der Waals surface area contributed by atoms with Crippen molar-refractivity contribution in [1.29, 1.82) is 0 Å². The third kappa shape index (κ3) is 3.67. The summed E-state index contributed by atoms with van der Waals surface area (Å²) in [5, 5.41) is 14.8. The largest absolute Gasteiger partial charge is 0.548 e. The number of hydrogen-bond acceptors (Lipinski definition) is 3. The average molecular weight is 301 g/mol. The normalized spacial score (nSPS) is 13.7. The molecule has 0 unspecified atom stereocenters. The van der Waals surface area contributed by atoms with Crippen molar-refractivity contribution in [2.45, 2.75) is 39.2 Å². The van der Waals surface area contributed by atoms with Gasteiger partial charge < -0.3 is 20.2 Å². The number of aliphatic carboxylic acids is 1. The van der Waals surface area contributed by atoms with E-state index in [-0.39, 0.29) is 18.2 Å². The number of carbonyl (C=O) groups is 2. The minimum Gasteiger partial charge on any atom is -0.548 e. The van der Waals surface area contributed by atoms with Crippen molar-refractivity contribution in [2.24, 2.45) is 5.92 Å². The second kappa shape index (κ2) is 7.11. The third-order valence-electron chi connectivity index (χ3n) is 4.08. The molecule has 22 heavy (non-hydrogen) atoms. The van der Waals surface area contributed by atoms with E-state index in [1.165, 1.54) is 0 Å². The summed E-state index contributed by atoms with van der Waals surface area (Å²) in [6.45, 7) is 3.68. The van der Waals surface area contributed by atoms with E-state index in [1.807, 2.05) is 37.4 Å².